The van der Waals surface area contributed by atoms with E-state index in [1.165, 1.54) is 17.8 Å². The number of methoxy groups -OCH3 is 1. The molecule has 1 atom stereocenters. The number of benzene rings is 3. The van der Waals surface area contributed by atoms with Gasteiger partial charge in [-0.05, 0) is 36.8 Å². The maximum absolute atomic E-state index is 13.4. The standard InChI is InChI=1S/C23H19N3O4S/c1-15(16-7-5-9-18(13-16)26(28)29)31-23-24-21-12-4-3-11-20(21)22(27)25(23)17-8-6-10-19(14-17)30-2/h3-15H,1-2H3. The van der Waals surface area contributed by atoms with Gasteiger partial charge in [0, 0.05) is 23.4 Å². The zero-order valence-corrected chi connectivity index (χ0v) is 17.7. The number of nitro benzene ring substituents is 1. The Morgan fingerprint density at radius 1 is 1.06 bits per heavy atom. The largest absolute Gasteiger partial charge is 0.497 e. The fraction of sp³-hybridized carbons (Fsp3) is 0.130. The van der Waals surface area contributed by atoms with Crippen molar-refractivity contribution in [1.29, 1.82) is 0 Å². The zero-order valence-electron chi connectivity index (χ0n) is 16.9. The predicted molar refractivity (Wildman–Crippen MR) is 121 cm³/mol. The highest BCUT2D eigenvalue weighted by Gasteiger charge is 2.18. The van der Waals surface area contributed by atoms with E-state index in [1.54, 1.807) is 48.1 Å². The van der Waals surface area contributed by atoms with E-state index in [4.69, 9.17) is 9.72 Å². The Labute approximate surface area is 182 Å². The van der Waals surface area contributed by atoms with Crippen LogP contribution >= 0.6 is 11.8 Å². The third kappa shape index (κ3) is 4.15. The summed E-state index contributed by atoms with van der Waals surface area (Å²) < 4.78 is 6.88. The number of nitrogens with zero attached hydrogens (tertiary/aromatic N) is 3. The van der Waals surface area contributed by atoms with Crippen LogP contribution in [0.15, 0.2) is 82.7 Å². The lowest BCUT2D eigenvalue weighted by Gasteiger charge is -2.17. The highest BCUT2D eigenvalue weighted by Crippen LogP contribution is 2.36. The molecule has 4 rings (SSSR count). The van der Waals surface area contributed by atoms with E-state index in [9.17, 15) is 14.9 Å². The first kappa shape index (κ1) is 20.6. The molecule has 1 heterocycles. The van der Waals surface area contributed by atoms with Gasteiger partial charge in [0.15, 0.2) is 5.16 Å². The van der Waals surface area contributed by atoms with E-state index in [2.05, 4.69) is 0 Å². The van der Waals surface area contributed by atoms with E-state index in [0.29, 0.717) is 27.5 Å². The third-order valence-electron chi connectivity index (χ3n) is 4.89. The number of rotatable bonds is 6. The minimum Gasteiger partial charge on any atom is -0.497 e. The van der Waals surface area contributed by atoms with Crippen molar-refractivity contribution < 1.29 is 9.66 Å². The van der Waals surface area contributed by atoms with E-state index < -0.39 is 4.92 Å². The quantitative estimate of drug-likeness (QED) is 0.181. The Bertz CT molecular complexity index is 1340. The van der Waals surface area contributed by atoms with Crippen molar-refractivity contribution in [3.63, 3.8) is 0 Å². The van der Waals surface area contributed by atoms with Gasteiger partial charge in [0.05, 0.1) is 28.6 Å². The van der Waals surface area contributed by atoms with Crippen LogP contribution in [0.1, 0.15) is 17.7 Å². The second-order valence-corrected chi connectivity index (χ2v) is 8.17. The summed E-state index contributed by atoms with van der Waals surface area (Å²) in [4.78, 5) is 28.9. The Kier molecular flexibility index (Phi) is 5.73. The van der Waals surface area contributed by atoms with Crippen LogP contribution in [0.5, 0.6) is 5.75 Å². The van der Waals surface area contributed by atoms with Crippen molar-refractivity contribution in [1.82, 2.24) is 9.55 Å². The van der Waals surface area contributed by atoms with Crippen LogP contribution < -0.4 is 10.3 Å². The van der Waals surface area contributed by atoms with Gasteiger partial charge in [0.2, 0.25) is 0 Å². The molecule has 1 unspecified atom stereocenters. The molecular weight excluding hydrogens is 414 g/mol. The van der Waals surface area contributed by atoms with Crippen LogP contribution in [0, 0.1) is 10.1 Å². The first-order valence-electron chi connectivity index (χ1n) is 9.55. The lowest BCUT2D eigenvalue weighted by molar-refractivity contribution is -0.384. The number of nitro groups is 1. The van der Waals surface area contributed by atoms with Gasteiger partial charge < -0.3 is 4.74 Å². The van der Waals surface area contributed by atoms with E-state index in [-0.39, 0.29) is 16.5 Å². The number of hydrogen-bond acceptors (Lipinski definition) is 6. The van der Waals surface area contributed by atoms with Gasteiger partial charge in [-0.1, -0.05) is 42.1 Å². The molecule has 0 saturated heterocycles. The molecule has 7 nitrogen and oxygen atoms in total. The van der Waals surface area contributed by atoms with Crippen LogP contribution in [0.3, 0.4) is 0 Å². The van der Waals surface area contributed by atoms with Crippen molar-refractivity contribution in [2.75, 3.05) is 7.11 Å². The summed E-state index contributed by atoms with van der Waals surface area (Å²) in [5.74, 6) is 0.625. The average Bonchev–Trinajstić information content (AvgIpc) is 2.79. The number of aromatic nitrogens is 2. The van der Waals surface area contributed by atoms with Crippen molar-refractivity contribution in [3.8, 4) is 11.4 Å². The summed E-state index contributed by atoms with van der Waals surface area (Å²) in [6.45, 7) is 1.93. The molecule has 1 aromatic heterocycles. The molecule has 0 bridgehead atoms. The molecule has 0 fully saturated rings. The molecule has 0 saturated carbocycles. The fourth-order valence-electron chi connectivity index (χ4n) is 3.29. The van der Waals surface area contributed by atoms with Crippen LogP contribution in [0.25, 0.3) is 16.6 Å². The zero-order chi connectivity index (χ0) is 22.0. The van der Waals surface area contributed by atoms with Gasteiger partial charge in [0.1, 0.15) is 5.75 Å². The number of non-ortho nitro benzene ring substituents is 1. The molecule has 0 aliphatic rings. The molecule has 156 valence electrons. The third-order valence-corrected chi connectivity index (χ3v) is 6.00. The fourth-order valence-corrected chi connectivity index (χ4v) is 4.33. The number of thioether (sulfide) groups is 1. The maximum Gasteiger partial charge on any atom is 0.269 e. The van der Waals surface area contributed by atoms with E-state index >= 15 is 0 Å². The Hall–Kier alpha value is -3.65. The lowest BCUT2D eigenvalue weighted by atomic mass is 10.1. The summed E-state index contributed by atoms with van der Waals surface area (Å²) in [6, 6.07) is 20.9. The number of fused-ring (bicyclic) bond motifs is 1. The molecule has 0 amide bonds. The second kappa shape index (κ2) is 8.61. The van der Waals surface area contributed by atoms with Gasteiger partial charge in [0.25, 0.3) is 11.2 Å². The summed E-state index contributed by atoms with van der Waals surface area (Å²) >= 11 is 1.37. The highest BCUT2D eigenvalue weighted by atomic mass is 32.2. The topological polar surface area (TPSA) is 87.3 Å². The normalized spacial score (nSPS) is 11.9. The van der Waals surface area contributed by atoms with Crippen LogP contribution in [0.2, 0.25) is 0 Å². The van der Waals surface area contributed by atoms with Gasteiger partial charge in [-0.25, -0.2) is 4.98 Å². The minimum atomic E-state index is -0.415. The van der Waals surface area contributed by atoms with E-state index in [0.717, 1.165) is 5.56 Å². The number of para-hydroxylation sites is 1. The van der Waals surface area contributed by atoms with Crippen LogP contribution in [-0.2, 0) is 0 Å². The second-order valence-electron chi connectivity index (χ2n) is 6.87. The minimum absolute atomic E-state index is 0.0293. The molecule has 4 aromatic rings. The first-order chi connectivity index (χ1) is 15.0. The Morgan fingerprint density at radius 3 is 2.61 bits per heavy atom. The molecule has 3 aromatic carbocycles. The molecule has 0 N–H and O–H groups in total. The smallest absolute Gasteiger partial charge is 0.269 e. The molecule has 0 aliphatic carbocycles. The molecule has 31 heavy (non-hydrogen) atoms. The first-order valence-corrected chi connectivity index (χ1v) is 10.4. The molecule has 0 aliphatic heterocycles. The molecule has 0 radical (unpaired) electrons. The highest BCUT2D eigenvalue weighted by molar-refractivity contribution is 7.99. The Balaban J connectivity index is 1.85. The van der Waals surface area contributed by atoms with Crippen molar-refractivity contribution >= 4 is 28.4 Å². The van der Waals surface area contributed by atoms with Crippen molar-refractivity contribution in [2.45, 2.75) is 17.3 Å². The monoisotopic (exact) mass is 433 g/mol. The maximum atomic E-state index is 13.4. The summed E-state index contributed by atoms with van der Waals surface area (Å²) in [5.41, 5.74) is 1.85. The Morgan fingerprint density at radius 2 is 1.84 bits per heavy atom. The van der Waals surface area contributed by atoms with Gasteiger partial charge in [-0.3, -0.25) is 19.5 Å². The van der Waals surface area contributed by atoms with E-state index in [1.807, 2.05) is 37.3 Å². The van der Waals surface area contributed by atoms with Crippen LogP contribution in [0.4, 0.5) is 5.69 Å². The molecule has 8 heteroatoms. The van der Waals surface area contributed by atoms with Gasteiger partial charge in [-0.15, -0.1) is 0 Å². The number of hydrogen-bond donors (Lipinski definition) is 0. The summed E-state index contributed by atoms with van der Waals surface area (Å²) in [7, 11) is 1.57. The summed E-state index contributed by atoms with van der Waals surface area (Å²) in [6.07, 6.45) is 0. The van der Waals surface area contributed by atoms with Gasteiger partial charge in [-0.2, -0.15) is 0 Å². The van der Waals surface area contributed by atoms with Crippen LogP contribution in [-0.4, -0.2) is 21.6 Å². The molecule has 0 spiro atoms. The van der Waals surface area contributed by atoms with Crippen molar-refractivity contribution in [2.24, 2.45) is 0 Å². The van der Waals surface area contributed by atoms with Gasteiger partial charge >= 0.3 is 0 Å². The van der Waals surface area contributed by atoms with Crippen molar-refractivity contribution in [3.05, 3.63) is 98.8 Å². The lowest BCUT2D eigenvalue weighted by Crippen LogP contribution is -2.22. The predicted octanol–water partition coefficient (Wildman–Crippen LogP) is 5.16. The average molecular weight is 433 g/mol. The SMILES string of the molecule is COc1cccc(-n2c(SC(C)c3cccc([N+](=O)[O-])c3)nc3ccccc3c2=O)c1. The number of ether oxygens (including phenoxy) is 1. The molecular formula is C23H19N3O4S. The summed E-state index contributed by atoms with van der Waals surface area (Å²) in [5, 5.41) is 12.0.